The molecule has 0 spiro atoms. The Morgan fingerprint density at radius 1 is 0.826 bits per heavy atom. The molecule has 23 heavy (non-hydrogen) atoms. The molecule has 0 fully saturated rings. The fraction of sp³-hybridized carbons (Fsp3) is 0.111. The molecule has 1 aliphatic rings. The summed E-state index contributed by atoms with van der Waals surface area (Å²) in [6, 6.07) is 15.1. The standard InChI is InChI=1S/C18H13N3O2/c22-17-16-11-5-1-3-7-13(11)21-18(23)12-6-2-4-8-14(12)20(21)15(16)9-10-19-17/h1-8H,9-10H2,(H,19,22). The first-order chi connectivity index (χ1) is 11.3. The lowest BCUT2D eigenvalue weighted by Crippen LogP contribution is -2.35. The number of hydrogen-bond acceptors (Lipinski definition) is 2. The van der Waals surface area contributed by atoms with Gasteiger partial charge in [0.1, 0.15) is 0 Å². The van der Waals surface area contributed by atoms with E-state index < -0.39 is 0 Å². The lowest BCUT2D eigenvalue weighted by molar-refractivity contribution is 0.0946. The third-order valence-corrected chi connectivity index (χ3v) is 4.58. The number of rotatable bonds is 0. The van der Waals surface area contributed by atoms with Gasteiger partial charge in [-0.25, -0.2) is 9.03 Å². The molecular formula is C18H13N3O2. The van der Waals surface area contributed by atoms with Crippen molar-refractivity contribution in [1.82, 2.24) is 14.3 Å². The first kappa shape index (κ1) is 12.5. The van der Waals surface area contributed by atoms with Crippen LogP contribution >= 0.6 is 0 Å². The van der Waals surface area contributed by atoms with Gasteiger partial charge in [-0.05, 0) is 18.2 Å². The highest BCUT2D eigenvalue weighted by Gasteiger charge is 2.25. The highest BCUT2D eigenvalue weighted by molar-refractivity contribution is 6.08. The van der Waals surface area contributed by atoms with E-state index in [2.05, 4.69) is 5.32 Å². The van der Waals surface area contributed by atoms with Crippen molar-refractivity contribution in [3.63, 3.8) is 0 Å². The number of nitrogens with one attached hydrogen (secondary N) is 1. The Kier molecular flexibility index (Phi) is 2.29. The molecular weight excluding hydrogens is 290 g/mol. The quantitative estimate of drug-likeness (QED) is 0.540. The van der Waals surface area contributed by atoms with Gasteiger partial charge in [-0.15, -0.1) is 0 Å². The minimum absolute atomic E-state index is 0.0504. The largest absolute Gasteiger partial charge is 0.352 e. The summed E-state index contributed by atoms with van der Waals surface area (Å²) in [6.07, 6.45) is 0.702. The van der Waals surface area contributed by atoms with E-state index in [1.54, 1.807) is 4.52 Å². The SMILES string of the molecule is O=C1NCCc2c1c1ccccc1n1c(=O)c3ccccc3n21. The van der Waals surface area contributed by atoms with Crippen molar-refractivity contribution in [2.24, 2.45) is 0 Å². The van der Waals surface area contributed by atoms with Crippen molar-refractivity contribution in [3.8, 4) is 0 Å². The van der Waals surface area contributed by atoms with Gasteiger partial charge in [0.2, 0.25) is 0 Å². The maximum Gasteiger partial charge on any atom is 0.279 e. The minimum atomic E-state index is -0.0739. The molecule has 0 saturated heterocycles. The summed E-state index contributed by atoms with van der Waals surface area (Å²) in [7, 11) is 0. The number of carbonyl (C=O) groups is 1. The second-order valence-electron chi connectivity index (χ2n) is 5.79. The van der Waals surface area contributed by atoms with Gasteiger partial charge in [0.15, 0.2) is 0 Å². The average Bonchev–Trinajstić information content (AvgIpc) is 2.89. The van der Waals surface area contributed by atoms with Gasteiger partial charge >= 0.3 is 0 Å². The topological polar surface area (TPSA) is 55.0 Å². The van der Waals surface area contributed by atoms with Crippen LogP contribution in [0.15, 0.2) is 53.3 Å². The predicted molar refractivity (Wildman–Crippen MR) is 88.2 cm³/mol. The van der Waals surface area contributed by atoms with Gasteiger partial charge in [-0.3, -0.25) is 9.59 Å². The van der Waals surface area contributed by atoms with Crippen molar-refractivity contribution in [1.29, 1.82) is 0 Å². The molecule has 1 aliphatic heterocycles. The van der Waals surface area contributed by atoms with Gasteiger partial charge in [-0.2, -0.15) is 0 Å². The zero-order chi connectivity index (χ0) is 15.6. The molecule has 0 saturated carbocycles. The molecule has 112 valence electrons. The van der Waals surface area contributed by atoms with E-state index in [-0.39, 0.29) is 11.5 Å². The normalized spacial score (nSPS) is 14.3. The van der Waals surface area contributed by atoms with Crippen molar-refractivity contribution >= 4 is 27.7 Å². The predicted octanol–water partition coefficient (Wildman–Crippen LogP) is 1.99. The van der Waals surface area contributed by atoms with E-state index >= 15 is 0 Å². The average molecular weight is 303 g/mol. The van der Waals surface area contributed by atoms with Gasteiger partial charge in [0.05, 0.1) is 27.7 Å². The number of aromatic nitrogens is 2. The van der Waals surface area contributed by atoms with Crippen LogP contribution in [0.25, 0.3) is 21.8 Å². The second-order valence-corrected chi connectivity index (χ2v) is 5.79. The summed E-state index contributed by atoms with van der Waals surface area (Å²) < 4.78 is 3.60. The van der Waals surface area contributed by atoms with Crippen LogP contribution in [-0.2, 0) is 6.42 Å². The molecule has 0 bridgehead atoms. The molecule has 0 radical (unpaired) electrons. The number of hydrogen-bond donors (Lipinski definition) is 1. The summed E-state index contributed by atoms with van der Waals surface area (Å²) in [5.74, 6) is -0.0739. The van der Waals surface area contributed by atoms with Crippen LogP contribution in [0.1, 0.15) is 16.1 Å². The summed E-state index contributed by atoms with van der Waals surface area (Å²) in [5, 5.41) is 4.40. The van der Waals surface area contributed by atoms with Gasteiger partial charge in [-0.1, -0.05) is 30.3 Å². The van der Waals surface area contributed by atoms with E-state index in [1.807, 2.05) is 53.0 Å². The zero-order valence-corrected chi connectivity index (χ0v) is 12.2. The number of amides is 1. The van der Waals surface area contributed by atoms with E-state index in [0.29, 0.717) is 23.9 Å². The van der Waals surface area contributed by atoms with E-state index in [4.69, 9.17) is 0 Å². The van der Waals surface area contributed by atoms with Crippen LogP contribution in [-0.4, -0.2) is 21.5 Å². The third-order valence-electron chi connectivity index (χ3n) is 4.58. The highest BCUT2D eigenvalue weighted by Crippen LogP contribution is 2.26. The van der Waals surface area contributed by atoms with Crippen LogP contribution in [0, 0.1) is 0 Å². The molecule has 5 nitrogen and oxygen atoms in total. The van der Waals surface area contributed by atoms with Gasteiger partial charge in [0, 0.05) is 18.4 Å². The van der Waals surface area contributed by atoms with Crippen LogP contribution in [0.4, 0.5) is 0 Å². The number of carbonyl (C=O) groups excluding carboxylic acids is 1. The number of fused-ring (bicyclic) bond motifs is 8. The van der Waals surface area contributed by atoms with E-state index in [9.17, 15) is 9.59 Å². The molecule has 2 aromatic heterocycles. The Hall–Kier alpha value is -3.08. The third kappa shape index (κ3) is 1.46. The maximum absolute atomic E-state index is 12.9. The molecule has 3 heterocycles. The first-order valence-corrected chi connectivity index (χ1v) is 7.61. The van der Waals surface area contributed by atoms with E-state index in [1.165, 1.54) is 0 Å². The van der Waals surface area contributed by atoms with Crippen LogP contribution in [0.5, 0.6) is 0 Å². The number of benzene rings is 2. The van der Waals surface area contributed by atoms with E-state index in [0.717, 1.165) is 22.1 Å². The van der Waals surface area contributed by atoms with Gasteiger partial charge in [0.25, 0.3) is 11.5 Å². The fourth-order valence-electron chi connectivity index (χ4n) is 3.63. The second kappa shape index (κ2) is 4.23. The van der Waals surface area contributed by atoms with Crippen molar-refractivity contribution in [2.45, 2.75) is 6.42 Å². The van der Waals surface area contributed by atoms with Crippen LogP contribution in [0.2, 0.25) is 0 Å². The summed E-state index contributed by atoms with van der Waals surface area (Å²) >= 11 is 0. The van der Waals surface area contributed by atoms with Crippen molar-refractivity contribution < 1.29 is 4.79 Å². The lowest BCUT2D eigenvalue weighted by Gasteiger charge is -2.21. The molecule has 4 aromatic rings. The van der Waals surface area contributed by atoms with Crippen LogP contribution < -0.4 is 10.9 Å². The van der Waals surface area contributed by atoms with Crippen LogP contribution in [0.3, 0.4) is 0 Å². The monoisotopic (exact) mass is 303 g/mol. The van der Waals surface area contributed by atoms with Gasteiger partial charge < -0.3 is 5.32 Å². The Bertz CT molecular complexity index is 1180. The minimum Gasteiger partial charge on any atom is -0.352 e. The summed E-state index contributed by atoms with van der Waals surface area (Å²) in [4.78, 5) is 25.4. The summed E-state index contributed by atoms with van der Waals surface area (Å²) in [5.41, 5.74) is 3.11. The number of para-hydroxylation sites is 2. The highest BCUT2D eigenvalue weighted by atomic mass is 16.2. The Balaban J connectivity index is 2.20. The van der Waals surface area contributed by atoms with Crippen molar-refractivity contribution in [3.05, 3.63) is 70.1 Å². The molecule has 2 aromatic carbocycles. The van der Waals surface area contributed by atoms with Crippen molar-refractivity contribution in [2.75, 3.05) is 6.54 Å². The molecule has 0 unspecified atom stereocenters. The molecule has 5 rings (SSSR count). The maximum atomic E-state index is 12.9. The lowest BCUT2D eigenvalue weighted by atomic mass is 10.0. The molecule has 5 heteroatoms. The Labute approximate surface area is 130 Å². The Morgan fingerprint density at radius 2 is 1.48 bits per heavy atom. The Morgan fingerprint density at radius 3 is 2.26 bits per heavy atom. The summed E-state index contributed by atoms with van der Waals surface area (Å²) in [6.45, 7) is 0.584. The molecule has 0 atom stereocenters. The molecule has 0 aliphatic carbocycles. The first-order valence-electron chi connectivity index (χ1n) is 7.61. The number of nitrogens with zero attached hydrogens (tertiary/aromatic N) is 2. The zero-order valence-electron chi connectivity index (χ0n) is 12.2. The molecule has 1 N–H and O–H groups in total. The molecule has 1 amide bonds. The fourth-order valence-corrected chi connectivity index (χ4v) is 3.63. The smallest absolute Gasteiger partial charge is 0.279 e.